The van der Waals surface area contributed by atoms with E-state index in [9.17, 15) is 16.8 Å². The Morgan fingerprint density at radius 1 is 1.05 bits per heavy atom. The molecule has 0 heterocycles. The first kappa shape index (κ1) is 16.1. The average Bonchev–Trinajstić information content (AvgIpc) is 3.13. The van der Waals surface area contributed by atoms with Gasteiger partial charge in [0.1, 0.15) is 0 Å². The topological polar surface area (TPSA) is 86.8 Å². The maximum atomic E-state index is 12.4. The Hall–Kier alpha value is -1.32. The van der Waals surface area contributed by atoms with E-state index in [-0.39, 0.29) is 6.04 Å². The molecule has 1 saturated carbocycles. The zero-order chi connectivity index (χ0) is 15.8. The van der Waals surface area contributed by atoms with Crippen LogP contribution in [0.4, 0.5) is 11.4 Å². The molecule has 118 valence electrons. The Morgan fingerprint density at radius 2 is 1.57 bits per heavy atom. The van der Waals surface area contributed by atoms with Crippen LogP contribution in [0.15, 0.2) is 24.3 Å². The van der Waals surface area contributed by atoms with E-state index in [2.05, 4.69) is 4.72 Å². The molecular weight excluding hydrogens is 314 g/mol. The van der Waals surface area contributed by atoms with Crippen LogP contribution in [-0.2, 0) is 20.2 Å². The smallest absolute Gasteiger partial charge is 0.284 e. The monoisotopic (exact) mass is 333 g/mol. The first-order valence-electron chi connectivity index (χ1n) is 6.41. The summed E-state index contributed by atoms with van der Waals surface area (Å²) in [5.74, 6) is 0. The third kappa shape index (κ3) is 3.86. The molecule has 0 bridgehead atoms. The van der Waals surface area contributed by atoms with E-state index in [1.54, 1.807) is 24.3 Å². The number of hydrogen-bond acceptors (Lipinski definition) is 4. The fourth-order valence-corrected chi connectivity index (χ4v) is 3.80. The SMILES string of the molecule is CN(C)S(=O)(=O)N(c1ccc(NS(C)(=O)=O)cc1)C1CC1. The minimum Gasteiger partial charge on any atom is -0.284 e. The zero-order valence-electron chi connectivity index (χ0n) is 12.1. The Morgan fingerprint density at radius 3 is 1.95 bits per heavy atom. The van der Waals surface area contributed by atoms with Crippen LogP contribution in [0, 0.1) is 0 Å². The van der Waals surface area contributed by atoms with Crippen molar-refractivity contribution >= 4 is 31.6 Å². The molecule has 1 aromatic rings. The van der Waals surface area contributed by atoms with Gasteiger partial charge in [-0.05, 0) is 37.1 Å². The Bertz CT molecular complexity index is 707. The summed E-state index contributed by atoms with van der Waals surface area (Å²) < 4.78 is 52.0. The first-order valence-corrected chi connectivity index (χ1v) is 9.70. The molecule has 0 spiro atoms. The summed E-state index contributed by atoms with van der Waals surface area (Å²) in [5, 5.41) is 0. The summed E-state index contributed by atoms with van der Waals surface area (Å²) in [7, 11) is -3.91. The third-order valence-electron chi connectivity index (χ3n) is 3.01. The van der Waals surface area contributed by atoms with E-state index in [0.717, 1.165) is 19.1 Å². The van der Waals surface area contributed by atoms with E-state index in [0.29, 0.717) is 11.4 Å². The van der Waals surface area contributed by atoms with Gasteiger partial charge in [0.25, 0.3) is 0 Å². The number of anilines is 2. The fraction of sp³-hybridized carbons (Fsp3) is 0.500. The average molecular weight is 333 g/mol. The summed E-state index contributed by atoms with van der Waals surface area (Å²) in [4.78, 5) is 0. The van der Waals surface area contributed by atoms with Crippen molar-refractivity contribution in [2.75, 3.05) is 29.4 Å². The predicted molar refractivity (Wildman–Crippen MR) is 83.0 cm³/mol. The van der Waals surface area contributed by atoms with Crippen molar-refractivity contribution in [3.05, 3.63) is 24.3 Å². The molecule has 1 aromatic carbocycles. The molecule has 0 saturated heterocycles. The molecule has 1 N–H and O–H groups in total. The molecule has 0 aliphatic heterocycles. The van der Waals surface area contributed by atoms with Crippen LogP contribution in [0.25, 0.3) is 0 Å². The molecule has 1 fully saturated rings. The highest BCUT2D eigenvalue weighted by molar-refractivity contribution is 7.92. The molecule has 9 heteroatoms. The second-order valence-electron chi connectivity index (χ2n) is 5.24. The largest absolute Gasteiger partial charge is 0.303 e. The normalized spacial score (nSPS) is 16.0. The van der Waals surface area contributed by atoms with Gasteiger partial charge in [-0.2, -0.15) is 12.7 Å². The van der Waals surface area contributed by atoms with Gasteiger partial charge in [0.15, 0.2) is 0 Å². The molecule has 0 atom stereocenters. The second-order valence-corrected chi connectivity index (χ2v) is 9.01. The highest BCUT2D eigenvalue weighted by Gasteiger charge is 2.38. The van der Waals surface area contributed by atoms with Crippen molar-refractivity contribution in [3.8, 4) is 0 Å². The highest BCUT2D eigenvalue weighted by atomic mass is 32.2. The van der Waals surface area contributed by atoms with Crippen LogP contribution in [-0.4, -0.2) is 47.5 Å². The summed E-state index contributed by atoms with van der Waals surface area (Å²) in [6, 6.07) is 6.29. The molecule has 0 radical (unpaired) electrons. The summed E-state index contributed by atoms with van der Waals surface area (Å²) >= 11 is 0. The Labute approximate surface area is 125 Å². The molecule has 0 aromatic heterocycles. The molecule has 2 rings (SSSR count). The number of benzene rings is 1. The number of nitrogens with zero attached hydrogens (tertiary/aromatic N) is 2. The lowest BCUT2D eigenvalue weighted by Gasteiger charge is -2.27. The standard InChI is InChI=1S/C12H19N3O4S2/c1-14(2)21(18,19)15(12-8-9-12)11-6-4-10(5-7-11)13-20(3,16)17/h4-7,12-13H,8-9H2,1-3H3. The third-order valence-corrected chi connectivity index (χ3v) is 5.55. The van der Waals surface area contributed by atoms with Crippen LogP contribution < -0.4 is 9.03 Å². The van der Waals surface area contributed by atoms with Gasteiger partial charge in [0.2, 0.25) is 10.0 Å². The Kier molecular flexibility index (Phi) is 4.18. The van der Waals surface area contributed by atoms with E-state index < -0.39 is 20.2 Å². The quantitative estimate of drug-likeness (QED) is 0.835. The van der Waals surface area contributed by atoms with E-state index in [1.165, 1.54) is 22.7 Å². The summed E-state index contributed by atoms with van der Waals surface area (Å²) in [6.45, 7) is 0. The van der Waals surface area contributed by atoms with Crippen LogP contribution in [0.5, 0.6) is 0 Å². The van der Waals surface area contributed by atoms with Crippen molar-refractivity contribution in [1.29, 1.82) is 0 Å². The van der Waals surface area contributed by atoms with E-state index in [4.69, 9.17) is 0 Å². The van der Waals surface area contributed by atoms with Gasteiger partial charge >= 0.3 is 10.2 Å². The van der Waals surface area contributed by atoms with Gasteiger partial charge in [0.05, 0.1) is 11.9 Å². The summed E-state index contributed by atoms with van der Waals surface area (Å²) in [5.41, 5.74) is 0.935. The van der Waals surface area contributed by atoms with Crippen LogP contribution >= 0.6 is 0 Å². The van der Waals surface area contributed by atoms with Crippen molar-refractivity contribution in [2.24, 2.45) is 0 Å². The van der Waals surface area contributed by atoms with Crippen LogP contribution in [0.3, 0.4) is 0 Å². The molecule has 21 heavy (non-hydrogen) atoms. The minimum absolute atomic E-state index is 0.0221. The molecule has 1 aliphatic carbocycles. The van der Waals surface area contributed by atoms with Crippen molar-refractivity contribution in [1.82, 2.24) is 4.31 Å². The molecule has 1 aliphatic rings. The summed E-state index contributed by atoms with van der Waals surface area (Å²) in [6.07, 6.45) is 2.72. The van der Waals surface area contributed by atoms with E-state index in [1.807, 2.05) is 0 Å². The van der Waals surface area contributed by atoms with Crippen LogP contribution in [0.2, 0.25) is 0 Å². The number of hydrogen-bond donors (Lipinski definition) is 1. The van der Waals surface area contributed by atoms with Gasteiger partial charge in [-0.1, -0.05) is 0 Å². The lowest BCUT2D eigenvalue weighted by molar-refractivity contribution is 0.515. The molecular formula is C12H19N3O4S2. The molecule has 0 unspecified atom stereocenters. The zero-order valence-corrected chi connectivity index (χ0v) is 13.8. The number of nitrogens with one attached hydrogen (secondary N) is 1. The predicted octanol–water partition coefficient (Wildman–Crippen LogP) is 0.833. The molecule has 0 amide bonds. The number of rotatable bonds is 6. The van der Waals surface area contributed by atoms with E-state index >= 15 is 0 Å². The lowest BCUT2D eigenvalue weighted by Crippen LogP contribution is -2.41. The van der Waals surface area contributed by atoms with Gasteiger partial charge in [0, 0.05) is 25.8 Å². The maximum Gasteiger partial charge on any atom is 0.303 e. The second kappa shape index (κ2) is 5.47. The maximum absolute atomic E-state index is 12.4. The van der Waals surface area contributed by atoms with Gasteiger partial charge in [-0.3, -0.25) is 9.03 Å². The Balaban J connectivity index is 2.31. The lowest BCUT2D eigenvalue weighted by atomic mass is 10.3. The highest BCUT2D eigenvalue weighted by Crippen LogP contribution is 2.35. The van der Waals surface area contributed by atoms with Gasteiger partial charge in [-0.25, -0.2) is 8.42 Å². The van der Waals surface area contributed by atoms with Gasteiger partial charge < -0.3 is 0 Å². The van der Waals surface area contributed by atoms with Crippen molar-refractivity contribution < 1.29 is 16.8 Å². The van der Waals surface area contributed by atoms with Crippen LogP contribution in [0.1, 0.15) is 12.8 Å². The van der Waals surface area contributed by atoms with Crippen molar-refractivity contribution in [3.63, 3.8) is 0 Å². The first-order chi connectivity index (χ1) is 9.61. The van der Waals surface area contributed by atoms with Crippen molar-refractivity contribution in [2.45, 2.75) is 18.9 Å². The van der Waals surface area contributed by atoms with Gasteiger partial charge in [-0.15, -0.1) is 0 Å². The fourth-order valence-electron chi connectivity index (χ4n) is 1.91. The minimum atomic E-state index is -3.55. The number of sulfonamides is 1. The molecule has 7 nitrogen and oxygen atoms in total.